The van der Waals surface area contributed by atoms with E-state index in [-0.39, 0.29) is 0 Å². The monoisotopic (exact) mass is 179 g/mol. The Hall–Kier alpha value is -0.300. The minimum Gasteiger partial charge on any atom is -0.296 e. The molecule has 0 aromatic carbocycles. The van der Waals surface area contributed by atoms with E-state index in [0.29, 0.717) is 0 Å². The van der Waals surface area contributed by atoms with Crippen LogP contribution in [0.4, 0.5) is 0 Å². The Morgan fingerprint density at radius 2 is 2.08 bits per heavy atom. The van der Waals surface area contributed by atoms with Gasteiger partial charge in [0.1, 0.15) is 0 Å². The van der Waals surface area contributed by atoms with Gasteiger partial charge in [0.25, 0.3) is 0 Å². The van der Waals surface area contributed by atoms with E-state index in [1.54, 1.807) is 0 Å². The summed E-state index contributed by atoms with van der Waals surface area (Å²) in [7, 11) is 0. The molecular weight excluding hydrogens is 158 g/mol. The number of nitrogens with zero attached hydrogens (tertiary/aromatic N) is 1. The fraction of sp³-hybridized carbons (Fsp3) is 0.833. The van der Waals surface area contributed by atoms with Gasteiger partial charge in [0.15, 0.2) is 0 Å². The van der Waals surface area contributed by atoms with Crippen LogP contribution in [-0.4, -0.2) is 24.0 Å². The highest BCUT2D eigenvalue weighted by atomic mass is 15.2. The summed E-state index contributed by atoms with van der Waals surface area (Å²) >= 11 is 0. The molecule has 0 aromatic rings. The van der Waals surface area contributed by atoms with Gasteiger partial charge < -0.3 is 0 Å². The van der Waals surface area contributed by atoms with Gasteiger partial charge in [-0.25, -0.2) is 0 Å². The highest BCUT2D eigenvalue weighted by Crippen LogP contribution is 2.30. The Labute approximate surface area is 81.8 Å². The summed E-state index contributed by atoms with van der Waals surface area (Å²) in [4.78, 5) is 2.68. The molecule has 13 heavy (non-hydrogen) atoms. The van der Waals surface area contributed by atoms with Crippen molar-refractivity contribution >= 4 is 0 Å². The van der Waals surface area contributed by atoms with Gasteiger partial charge in [-0.2, -0.15) is 0 Å². The Morgan fingerprint density at radius 1 is 1.23 bits per heavy atom. The van der Waals surface area contributed by atoms with Crippen molar-refractivity contribution in [3.63, 3.8) is 0 Å². The van der Waals surface area contributed by atoms with Gasteiger partial charge in [-0.15, -0.1) is 0 Å². The molecule has 1 aliphatic heterocycles. The third kappa shape index (κ3) is 1.96. The molecule has 1 fully saturated rings. The summed E-state index contributed by atoms with van der Waals surface area (Å²) in [6.45, 7) is 7.22. The van der Waals surface area contributed by atoms with Crippen LogP contribution in [0, 0.1) is 11.8 Å². The van der Waals surface area contributed by atoms with Crippen molar-refractivity contribution < 1.29 is 0 Å². The van der Waals surface area contributed by atoms with E-state index in [0.717, 1.165) is 17.9 Å². The van der Waals surface area contributed by atoms with E-state index in [4.69, 9.17) is 0 Å². The van der Waals surface area contributed by atoms with Crippen molar-refractivity contribution in [2.45, 2.75) is 39.2 Å². The summed E-state index contributed by atoms with van der Waals surface area (Å²) in [6, 6.07) is 0.882. The predicted octanol–water partition coefficient (Wildman–Crippen LogP) is 2.68. The molecule has 0 saturated heterocycles. The van der Waals surface area contributed by atoms with E-state index >= 15 is 0 Å². The molecule has 2 aliphatic rings. The number of hydrogen-bond acceptors (Lipinski definition) is 1. The minimum atomic E-state index is 0.765. The van der Waals surface area contributed by atoms with Crippen molar-refractivity contribution in [2.75, 3.05) is 13.1 Å². The Morgan fingerprint density at radius 3 is 2.69 bits per heavy atom. The first-order valence-corrected chi connectivity index (χ1v) is 5.68. The molecule has 1 aliphatic carbocycles. The van der Waals surface area contributed by atoms with E-state index in [2.05, 4.69) is 30.9 Å². The molecule has 0 bridgehead atoms. The van der Waals surface area contributed by atoms with Gasteiger partial charge >= 0.3 is 0 Å². The standard InChI is InChI=1S/C12H21N/c1-10-5-4-8-13(9-10)12-7-3-6-11(12)2/h4-5,10-12H,3,6-9H2,1-2H3/t10-,11?,12?/m0/s1. The van der Waals surface area contributed by atoms with Gasteiger partial charge in [0.2, 0.25) is 0 Å². The lowest BCUT2D eigenvalue weighted by atomic mass is 10.00. The van der Waals surface area contributed by atoms with Gasteiger partial charge in [-0.3, -0.25) is 4.90 Å². The maximum atomic E-state index is 2.68. The fourth-order valence-corrected chi connectivity index (χ4v) is 2.87. The molecule has 0 aromatic heterocycles. The van der Waals surface area contributed by atoms with Crippen LogP contribution in [0.25, 0.3) is 0 Å². The zero-order chi connectivity index (χ0) is 9.26. The molecule has 1 heteroatoms. The quantitative estimate of drug-likeness (QED) is 0.559. The van der Waals surface area contributed by atoms with Crippen LogP contribution in [0.15, 0.2) is 12.2 Å². The second-order valence-corrected chi connectivity index (χ2v) is 4.83. The molecule has 0 amide bonds. The van der Waals surface area contributed by atoms with Gasteiger partial charge in [-0.05, 0) is 24.7 Å². The van der Waals surface area contributed by atoms with Crippen LogP contribution >= 0.6 is 0 Å². The first kappa shape index (κ1) is 9.26. The van der Waals surface area contributed by atoms with Crippen LogP contribution in [0.5, 0.6) is 0 Å². The Bertz CT molecular complexity index is 197. The van der Waals surface area contributed by atoms with Gasteiger partial charge in [-0.1, -0.05) is 32.4 Å². The molecule has 1 saturated carbocycles. The topological polar surface area (TPSA) is 3.24 Å². The lowest BCUT2D eigenvalue weighted by Crippen LogP contribution is -2.41. The van der Waals surface area contributed by atoms with Crippen molar-refractivity contribution in [3.8, 4) is 0 Å². The molecule has 2 rings (SSSR count). The van der Waals surface area contributed by atoms with Crippen molar-refractivity contribution in [3.05, 3.63) is 12.2 Å². The average Bonchev–Trinajstić information content (AvgIpc) is 2.51. The lowest BCUT2D eigenvalue weighted by molar-refractivity contribution is 0.163. The van der Waals surface area contributed by atoms with Crippen LogP contribution in [0.3, 0.4) is 0 Å². The zero-order valence-electron chi connectivity index (χ0n) is 8.87. The van der Waals surface area contributed by atoms with Crippen LogP contribution in [0.2, 0.25) is 0 Å². The molecule has 3 atom stereocenters. The van der Waals surface area contributed by atoms with Crippen LogP contribution in [0.1, 0.15) is 33.1 Å². The van der Waals surface area contributed by atoms with Gasteiger partial charge in [0, 0.05) is 19.1 Å². The summed E-state index contributed by atoms with van der Waals surface area (Å²) in [5.74, 6) is 1.69. The number of rotatable bonds is 1. The van der Waals surface area contributed by atoms with E-state index in [9.17, 15) is 0 Å². The molecule has 2 unspecified atom stereocenters. The lowest BCUT2D eigenvalue weighted by Gasteiger charge is -2.34. The molecule has 1 nitrogen and oxygen atoms in total. The average molecular weight is 179 g/mol. The van der Waals surface area contributed by atoms with Crippen LogP contribution in [-0.2, 0) is 0 Å². The third-order valence-corrected chi connectivity index (χ3v) is 3.61. The molecule has 74 valence electrons. The van der Waals surface area contributed by atoms with E-state index in [1.165, 1.54) is 32.4 Å². The predicted molar refractivity (Wildman–Crippen MR) is 56.7 cm³/mol. The second kappa shape index (κ2) is 3.83. The first-order valence-electron chi connectivity index (χ1n) is 5.68. The third-order valence-electron chi connectivity index (χ3n) is 3.61. The normalized spacial score (nSPS) is 41.2. The smallest absolute Gasteiger partial charge is 0.0166 e. The maximum absolute atomic E-state index is 2.68. The van der Waals surface area contributed by atoms with E-state index < -0.39 is 0 Å². The van der Waals surface area contributed by atoms with Gasteiger partial charge in [0.05, 0.1) is 0 Å². The minimum absolute atomic E-state index is 0.765. The summed E-state index contributed by atoms with van der Waals surface area (Å²) in [5, 5.41) is 0. The summed E-state index contributed by atoms with van der Waals surface area (Å²) in [6.07, 6.45) is 9.02. The second-order valence-electron chi connectivity index (χ2n) is 4.83. The van der Waals surface area contributed by atoms with E-state index in [1.807, 2.05) is 0 Å². The largest absolute Gasteiger partial charge is 0.296 e. The molecule has 0 N–H and O–H groups in total. The Kier molecular flexibility index (Phi) is 2.73. The highest BCUT2D eigenvalue weighted by molar-refractivity contribution is 4.98. The van der Waals surface area contributed by atoms with Crippen molar-refractivity contribution in [2.24, 2.45) is 11.8 Å². The zero-order valence-corrected chi connectivity index (χ0v) is 8.87. The highest BCUT2D eigenvalue weighted by Gasteiger charge is 2.29. The molecule has 1 heterocycles. The summed E-state index contributed by atoms with van der Waals surface area (Å²) in [5.41, 5.74) is 0. The first-order chi connectivity index (χ1) is 6.27. The molecule has 0 spiro atoms. The number of hydrogen-bond donors (Lipinski definition) is 0. The van der Waals surface area contributed by atoms with Crippen molar-refractivity contribution in [1.29, 1.82) is 0 Å². The van der Waals surface area contributed by atoms with Crippen molar-refractivity contribution in [1.82, 2.24) is 4.90 Å². The SMILES string of the molecule is CC1CCCC1N1CC=C[C@H](C)C1. The van der Waals surface area contributed by atoms with Crippen LogP contribution < -0.4 is 0 Å². The molecular formula is C12H21N. The fourth-order valence-electron chi connectivity index (χ4n) is 2.87. The maximum Gasteiger partial charge on any atom is 0.0166 e. The molecule has 0 radical (unpaired) electrons. The Balaban J connectivity index is 1.96. The summed E-state index contributed by atoms with van der Waals surface area (Å²) < 4.78 is 0.